The number of ether oxygens (including phenoxy) is 1. The Morgan fingerprint density at radius 3 is 2.45 bits per heavy atom. The van der Waals surface area contributed by atoms with Crippen molar-refractivity contribution in [2.75, 3.05) is 7.11 Å². The molecule has 1 atom stereocenters. The van der Waals surface area contributed by atoms with Crippen molar-refractivity contribution < 1.29 is 19.0 Å². The fraction of sp³-hybridized carbons (Fsp3) is 0.167. The van der Waals surface area contributed by atoms with Crippen molar-refractivity contribution >= 4 is 11.9 Å². The van der Waals surface area contributed by atoms with Gasteiger partial charge in [-0.2, -0.15) is 0 Å². The van der Waals surface area contributed by atoms with Gasteiger partial charge in [0.05, 0.1) is 12.7 Å². The van der Waals surface area contributed by atoms with E-state index in [2.05, 4.69) is 0 Å². The molecule has 22 heavy (non-hydrogen) atoms. The Kier molecular flexibility index (Phi) is 3.45. The van der Waals surface area contributed by atoms with Crippen LogP contribution >= 0.6 is 0 Å². The number of fused-ring (bicyclic) bond motifs is 1. The molecule has 0 heterocycles. The highest BCUT2D eigenvalue weighted by molar-refractivity contribution is 6.18. The fourth-order valence-electron chi connectivity index (χ4n) is 2.81. The number of hydrogen-bond donors (Lipinski definition) is 1. The summed E-state index contributed by atoms with van der Waals surface area (Å²) in [6.45, 7) is 1.77. The van der Waals surface area contributed by atoms with Gasteiger partial charge in [-0.25, -0.2) is 4.39 Å². The average molecular weight is 298 g/mol. The lowest BCUT2D eigenvalue weighted by Crippen LogP contribution is -1.97. The predicted octanol–water partition coefficient (Wildman–Crippen LogP) is 3.92. The zero-order valence-electron chi connectivity index (χ0n) is 12.3. The average Bonchev–Trinajstić information content (AvgIpc) is 2.77. The van der Waals surface area contributed by atoms with Crippen molar-refractivity contribution in [3.63, 3.8) is 0 Å². The summed E-state index contributed by atoms with van der Waals surface area (Å²) in [5.74, 6) is -0.634. The molecule has 0 saturated heterocycles. The minimum atomic E-state index is -0.466. The van der Waals surface area contributed by atoms with Crippen LogP contribution in [0.15, 0.2) is 42.0 Å². The molecule has 3 rings (SSSR count). The van der Waals surface area contributed by atoms with Crippen LogP contribution in [0.2, 0.25) is 0 Å². The number of carbonyl (C=O) groups is 1. The van der Waals surface area contributed by atoms with Gasteiger partial charge in [0, 0.05) is 17.1 Å². The standard InChI is InChI=1S/C18H15FO3/c1-10-13(9-11-3-5-12(22-2)6-4-11)18(21)17-15(20)8-7-14(19)16(10)17/h3-10,20H,1-2H3/b13-9-/t10-/m0/s1. The Morgan fingerprint density at radius 1 is 1.18 bits per heavy atom. The van der Waals surface area contributed by atoms with Crippen molar-refractivity contribution in [1.29, 1.82) is 0 Å². The van der Waals surface area contributed by atoms with Gasteiger partial charge in [-0.3, -0.25) is 4.79 Å². The number of Topliss-reactive ketones (excluding diaryl/α,β-unsaturated/α-hetero) is 1. The second-order valence-electron chi connectivity index (χ2n) is 5.28. The fourth-order valence-corrected chi connectivity index (χ4v) is 2.81. The summed E-state index contributed by atoms with van der Waals surface area (Å²) in [5, 5.41) is 9.86. The Balaban J connectivity index is 2.06. The lowest BCUT2D eigenvalue weighted by Gasteiger charge is -2.07. The Hall–Kier alpha value is -2.62. The number of benzene rings is 2. The number of halogens is 1. The van der Waals surface area contributed by atoms with Gasteiger partial charge in [0.25, 0.3) is 0 Å². The summed E-state index contributed by atoms with van der Waals surface area (Å²) in [5.41, 5.74) is 1.64. The van der Waals surface area contributed by atoms with E-state index in [0.29, 0.717) is 5.57 Å². The Bertz CT molecular complexity index is 776. The normalized spacial score (nSPS) is 18.6. The molecular formula is C18H15FO3. The number of carbonyl (C=O) groups excluding carboxylic acids is 1. The van der Waals surface area contributed by atoms with Crippen LogP contribution in [0, 0.1) is 5.82 Å². The summed E-state index contributed by atoms with van der Waals surface area (Å²) in [7, 11) is 1.58. The molecule has 0 radical (unpaired) electrons. The molecule has 2 aromatic carbocycles. The number of phenolic OH excluding ortho intramolecular Hbond substituents is 1. The van der Waals surface area contributed by atoms with Crippen LogP contribution in [0.5, 0.6) is 11.5 Å². The molecule has 0 fully saturated rings. The maximum Gasteiger partial charge on any atom is 0.193 e. The highest BCUT2D eigenvalue weighted by Crippen LogP contribution is 2.43. The quantitative estimate of drug-likeness (QED) is 0.855. The molecule has 1 N–H and O–H groups in total. The van der Waals surface area contributed by atoms with E-state index in [1.54, 1.807) is 32.2 Å². The SMILES string of the molecule is COc1ccc(/C=C2\C(=O)c3c(O)ccc(F)c3[C@H]2C)cc1. The van der Waals surface area contributed by atoms with Crippen LogP contribution in [-0.4, -0.2) is 18.0 Å². The molecule has 4 heteroatoms. The van der Waals surface area contributed by atoms with E-state index >= 15 is 0 Å². The molecule has 1 aliphatic rings. The number of methoxy groups -OCH3 is 1. The third kappa shape index (κ3) is 2.17. The van der Waals surface area contributed by atoms with Gasteiger partial charge in [-0.05, 0) is 35.9 Å². The van der Waals surface area contributed by atoms with Crippen molar-refractivity contribution in [2.24, 2.45) is 0 Å². The highest BCUT2D eigenvalue weighted by atomic mass is 19.1. The molecule has 112 valence electrons. The largest absolute Gasteiger partial charge is 0.507 e. The predicted molar refractivity (Wildman–Crippen MR) is 81.8 cm³/mol. The van der Waals surface area contributed by atoms with Gasteiger partial charge in [-0.1, -0.05) is 19.1 Å². The van der Waals surface area contributed by atoms with E-state index in [1.165, 1.54) is 12.1 Å². The zero-order valence-corrected chi connectivity index (χ0v) is 12.3. The van der Waals surface area contributed by atoms with Gasteiger partial charge in [-0.15, -0.1) is 0 Å². The van der Waals surface area contributed by atoms with Crippen LogP contribution in [0.3, 0.4) is 0 Å². The summed E-state index contributed by atoms with van der Waals surface area (Å²) in [6, 6.07) is 9.64. The minimum Gasteiger partial charge on any atom is -0.507 e. The third-order valence-electron chi connectivity index (χ3n) is 4.00. The molecule has 3 nitrogen and oxygen atoms in total. The second kappa shape index (κ2) is 5.30. The first-order chi connectivity index (χ1) is 10.5. The summed E-state index contributed by atoms with van der Waals surface area (Å²) < 4.78 is 19.1. The van der Waals surface area contributed by atoms with E-state index in [0.717, 1.165) is 11.3 Å². The zero-order chi connectivity index (χ0) is 15.9. The number of allylic oxidation sites excluding steroid dienone is 1. The minimum absolute atomic E-state index is 0.0762. The van der Waals surface area contributed by atoms with Crippen molar-refractivity contribution in [3.05, 3.63) is 64.5 Å². The smallest absolute Gasteiger partial charge is 0.193 e. The van der Waals surface area contributed by atoms with Crippen LogP contribution in [0.25, 0.3) is 6.08 Å². The lowest BCUT2D eigenvalue weighted by molar-refractivity contribution is 0.103. The van der Waals surface area contributed by atoms with E-state index in [9.17, 15) is 14.3 Å². The first-order valence-electron chi connectivity index (χ1n) is 6.94. The molecule has 0 spiro atoms. The first kappa shape index (κ1) is 14.3. The molecule has 2 aromatic rings. The van der Waals surface area contributed by atoms with Gasteiger partial charge in [0.1, 0.15) is 17.3 Å². The van der Waals surface area contributed by atoms with Crippen LogP contribution in [-0.2, 0) is 0 Å². The maximum absolute atomic E-state index is 14.0. The molecule has 0 aliphatic heterocycles. The summed E-state index contributed by atoms with van der Waals surface area (Å²) in [6.07, 6.45) is 1.73. The Labute approximate surface area is 127 Å². The number of ketones is 1. The van der Waals surface area contributed by atoms with Crippen LogP contribution in [0.4, 0.5) is 4.39 Å². The number of aromatic hydroxyl groups is 1. The summed E-state index contributed by atoms with van der Waals surface area (Å²) >= 11 is 0. The maximum atomic E-state index is 14.0. The second-order valence-corrected chi connectivity index (χ2v) is 5.28. The molecule has 0 unspecified atom stereocenters. The lowest BCUT2D eigenvalue weighted by atomic mass is 9.97. The van der Waals surface area contributed by atoms with Gasteiger partial charge >= 0.3 is 0 Å². The highest BCUT2D eigenvalue weighted by Gasteiger charge is 2.36. The van der Waals surface area contributed by atoms with Gasteiger partial charge in [0.15, 0.2) is 5.78 Å². The molecular weight excluding hydrogens is 283 g/mol. The number of rotatable bonds is 2. The third-order valence-corrected chi connectivity index (χ3v) is 4.00. The van der Waals surface area contributed by atoms with E-state index in [-0.39, 0.29) is 22.7 Å². The van der Waals surface area contributed by atoms with Crippen molar-refractivity contribution in [2.45, 2.75) is 12.8 Å². The molecule has 0 aromatic heterocycles. The molecule has 1 aliphatic carbocycles. The monoisotopic (exact) mass is 298 g/mol. The van der Waals surface area contributed by atoms with Crippen LogP contribution in [0.1, 0.15) is 34.3 Å². The molecule has 0 amide bonds. The van der Waals surface area contributed by atoms with E-state index in [4.69, 9.17) is 4.74 Å². The van der Waals surface area contributed by atoms with E-state index < -0.39 is 11.7 Å². The Morgan fingerprint density at radius 2 is 1.86 bits per heavy atom. The van der Waals surface area contributed by atoms with Crippen molar-refractivity contribution in [3.8, 4) is 11.5 Å². The van der Waals surface area contributed by atoms with Gasteiger partial charge in [0.2, 0.25) is 0 Å². The number of phenols is 1. The summed E-state index contributed by atoms with van der Waals surface area (Å²) in [4.78, 5) is 12.5. The number of hydrogen-bond acceptors (Lipinski definition) is 3. The van der Waals surface area contributed by atoms with Gasteiger partial charge < -0.3 is 9.84 Å². The van der Waals surface area contributed by atoms with E-state index in [1.807, 2.05) is 12.1 Å². The molecule has 0 saturated carbocycles. The van der Waals surface area contributed by atoms with Crippen LogP contribution < -0.4 is 4.74 Å². The van der Waals surface area contributed by atoms with Crippen molar-refractivity contribution in [1.82, 2.24) is 0 Å². The first-order valence-corrected chi connectivity index (χ1v) is 6.94. The molecule has 0 bridgehead atoms. The topological polar surface area (TPSA) is 46.5 Å².